The van der Waals surface area contributed by atoms with Crippen LogP contribution in [0.2, 0.25) is 0 Å². The van der Waals surface area contributed by atoms with Gasteiger partial charge >= 0.3 is 5.97 Å². The molecule has 0 spiro atoms. The molecule has 0 N–H and O–H groups in total. The van der Waals surface area contributed by atoms with Gasteiger partial charge in [0.25, 0.3) is 0 Å². The van der Waals surface area contributed by atoms with Gasteiger partial charge in [-0.25, -0.2) is 4.79 Å². The fourth-order valence-corrected chi connectivity index (χ4v) is 2.15. The number of hydrogen-bond acceptors (Lipinski definition) is 5. The van der Waals surface area contributed by atoms with Gasteiger partial charge in [-0.2, -0.15) is 0 Å². The number of ether oxygens (including phenoxy) is 3. The van der Waals surface area contributed by atoms with Crippen molar-refractivity contribution >= 4 is 11.5 Å². The summed E-state index contributed by atoms with van der Waals surface area (Å²) in [6, 6.07) is 9.19. The lowest BCUT2D eigenvalue weighted by atomic mass is 9.98. The highest BCUT2D eigenvalue weighted by Crippen LogP contribution is 2.33. The van der Waals surface area contributed by atoms with E-state index in [0.717, 1.165) is 16.7 Å². The summed E-state index contributed by atoms with van der Waals surface area (Å²) in [4.78, 5) is 15.7. The summed E-state index contributed by atoms with van der Waals surface area (Å²) in [5.41, 5.74) is 2.41. The first kappa shape index (κ1) is 16.5. The maximum Gasteiger partial charge on any atom is 0.331 e. The third-order valence-corrected chi connectivity index (χ3v) is 3.23. The molecule has 5 heteroatoms. The molecule has 0 amide bonds. The second-order valence-electron chi connectivity index (χ2n) is 4.62. The molecule has 0 radical (unpaired) electrons. The monoisotopic (exact) mass is 313 g/mol. The molecule has 120 valence electrons. The molecule has 1 aromatic carbocycles. The molecule has 2 rings (SSSR count). The zero-order valence-corrected chi connectivity index (χ0v) is 13.4. The minimum atomic E-state index is -0.425. The maximum atomic E-state index is 11.7. The van der Waals surface area contributed by atoms with Gasteiger partial charge in [0.15, 0.2) is 11.5 Å². The third kappa shape index (κ3) is 4.10. The van der Waals surface area contributed by atoms with Crippen LogP contribution >= 0.6 is 0 Å². The quantitative estimate of drug-likeness (QED) is 0.606. The Bertz CT molecular complexity index is 695. The topological polar surface area (TPSA) is 57.7 Å². The van der Waals surface area contributed by atoms with Crippen molar-refractivity contribution in [2.75, 3.05) is 20.8 Å². The average Bonchev–Trinajstić information content (AvgIpc) is 2.60. The standard InChI is InChI=1S/C18H19NO4/c1-4-23-17-11-14(5-6-16(17)21-2)15(12-18(20)22-3)13-7-9-19-10-8-13/h5-12H,4H2,1-3H3/b15-12+. The number of rotatable bonds is 6. The summed E-state index contributed by atoms with van der Waals surface area (Å²) in [6.07, 6.45) is 4.80. The normalized spacial score (nSPS) is 11.0. The fourth-order valence-electron chi connectivity index (χ4n) is 2.15. The number of benzene rings is 1. The molecular formula is C18H19NO4. The van der Waals surface area contributed by atoms with Crippen LogP contribution in [0.25, 0.3) is 5.57 Å². The van der Waals surface area contributed by atoms with Crippen molar-refractivity contribution in [2.24, 2.45) is 0 Å². The van der Waals surface area contributed by atoms with Crippen molar-refractivity contribution in [3.63, 3.8) is 0 Å². The molecule has 0 saturated heterocycles. The highest BCUT2D eigenvalue weighted by molar-refractivity contribution is 5.96. The van der Waals surface area contributed by atoms with Crippen molar-refractivity contribution in [3.8, 4) is 11.5 Å². The highest BCUT2D eigenvalue weighted by atomic mass is 16.5. The fraction of sp³-hybridized carbons (Fsp3) is 0.222. The largest absolute Gasteiger partial charge is 0.493 e. The summed E-state index contributed by atoms with van der Waals surface area (Å²) in [6.45, 7) is 2.42. The molecule has 2 aromatic rings. The molecule has 23 heavy (non-hydrogen) atoms. The van der Waals surface area contributed by atoms with Crippen LogP contribution in [0.15, 0.2) is 48.8 Å². The number of nitrogens with zero attached hydrogens (tertiary/aromatic N) is 1. The van der Waals surface area contributed by atoms with E-state index in [-0.39, 0.29) is 0 Å². The highest BCUT2D eigenvalue weighted by Gasteiger charge is 2.12. The molecule has 0 atom stereocenters. The van der Waals surface area contributed by atoms with Crippen molar-refractivity contribution in [1.82, 2.24) is 4.98 Å². The van der Waals surface area contributed by atoms with E-state index in [1.54, 1.807) is 19.5 Å². The second kappa shape index (κ2) is 7.98. The molecular weight excluding hydrogens is 294 g/mol. The number of pyridine rings is 1. The van der Waals surface area contributed by atoms with Crippen LogP contribution in [0.5, 0.6) is 11.5 Å². The van der Waals surface area contributed by atoms with Gasteiger partial charge < -0.3 is 14.2 Å². The van der Waals surface area contributed by atoms with E-state index in [1.807, 2.05) is 37.3 Å². The number of hydrogen-bond donors (Lipinski definition) is 0. The maximum absolute atomic E-state index is 11.7. The molecule has 0 fully saturated rings. The molecule has 0 bridgehead atoms. The van der Waals surface area contributed by atoms with E-state index >= 15 is 0 Å². The van der Waals surface area contributed by atoms with Gasteiger partial charge in [0.05, 0.1) is 20.8 Å². The smallest absolute Gasteiger partial charge is 0.331 e. The Morgan fingerprint density at radius 3 is 2.43 bits per heavy atom. The van der Waals surface area contributed by atoms with Crippen LogP contribution in [0.1, 0.15) is 18.1 Å². The Morgan fingerprint density at radius 1 is 1.09 bits per heavy atom. The molecule has 0 saturated carbocycles. The van der Waals surface area contributed by atoms with Crippen molar-refractivity contribution in [1.29, 1.82) is 0 Å². The first-order chi connectivity index (χ1) is 11.2. The van der Waals surface area contributed by atoms with Crippen molar-refractivity contribution < 1.29 is 19.0 Å². The lowest BCUT2D eigenvalue weighted by molar-refractivity contribution is -0.134. The van der Waals surface area contributed by atoms with E-state index < -0.39 is 5.97 Å². The summed E-state index contributed by atoms with van der Waals surface area (Å²) in [7, 11) is 2.94. The summed E-state index contributed by atoms with van der Waals surface area (Å²) < 4.78 is 15.7. The van der Waals surface area contributed by atoms with Crippen LogP contribution in [-0.2, 0) is 9.53 Å². The van der Waals surface area contributed by atoms with Crippen molar-refractivity contribution in [3.05, 3.63) is 59.9 Å². The Kier molecular flexibility index (Phi) is 5.74. The first-order valence-corrected chi connectivity index (χ1v) is 7.20. The van der Waals surface area contributed by atoms with Gasteiger partial charge in [0.1, 0.15) is 0 Å². The van der Waals surface area contributed by atoms with Crippen molar-refractivity contribution in [2.45, 2.75) is 6.92 Å². The Balaban J connectivity index is 2.54. The predicted octanol–water partition coefficient (Wildman–Crippen LogP) is 3.09. The molecule has 1 heterocycles. The zero-order chi connectivity index (χ0) is 16.7. The first-order valence-electron chi connectivity index (χ1n) is 7.20. The molecule has 0 unspecified atom stereocenters. The number of esters is 1. The minimum absolute atomic E-state index is 0.425. The Labute approximate surface area is 135 Å². The van der Waals surface area contributed by atoms with E-state index in [2.05, 4.69) is 4.98 Å². The molecule has 0 aliphatic heterocycles. The van der Waals surface area contributed by atoms with E-state index in [1.165, 1.54) is 13.2 Å². The molecule has 0 aliphatic carbocycles. The van der Waals surface area contributed by atoms with Crippen LogP contribution in [0.4, 0.5) is 0 Å². The van der Waals surface area contributed by atoms with E-state index in [4.69, 9.17) is 14.2 Å². The Morgan fingerprint density at radius 2 is 1.83 bits per heavy atom. The summed E-state index contributed by atoms with van der Waals surface area (Å²) in [5.74, 6) is 0.839. The van der Waals surface area contributed by atoms with Gasteiger partial charge in [0.2, 0.25) is 0 Å². The number of methoxy groups -OCH3 is 2. The summed E-state index contributed by atoms with van der Waals surface area (Å²) in [5, 5.41) is 0. The van der Waals surface area contributed by atoms with Crippen LogP contribution in [0, 0.1) is 0 Å². The van der Waals surface area contributed by atoms with Gasteiger partial charge in [-0.05, 0) is 47.9 Å². The second-order valence-corrected chi connectivity index (χ2v) is 4.62. The number of aromatic nitrogens is 1. The van der Waals surface area contributed by atoms with Crippen LogP contribution in [-0.4, -0.2) is 31.8 Å². The van der Waals surface area contributed by atoms with Gasteiger partial charge in [-0.15, -0.1) is 0 Å². The van der Waals surface area contributed by atoms with Gasteiger partial charge in [0, 0.05) is 18.5 Å². The SMILES string of the molecule is CCOc1cc(/C(=C/C(=O)OC)c2ccncc2)ccc1OC. The van der Waals surface area contributed by atoms with E-state index in [0.29, 0.717) is 18.1 Å². The number of carbonyl (C=O) groups excluding carboxylic acids is 1. The molecule has 1 aromatic heterocycles. The minimum Gasteiger partial charge on any atom is -0.493 e. The summed E-state index contributed by atoms with van der Waals surface area (Å²) >= 11 is 0. The molecule has 5 nitrogen and oxygen atoms in total. The predicted molar refractivity (Wildman–Crippen MR) is 87.5 cm³/mol. The number of carbonyl (C=O) groups is 1. The van der Waals surface area contributed by atoms with Gasteiger partial charge in [-0.3, -0.25) is 4.98 Å². The lowest BCUT2D eigenvalue weighted by Crippen LogP contribution is -2.00. The van der Waals surface area contributed by atoms with Crippen LogP contribution in [0.3, 0.4) is 0 Å². The Hall–Kier alpha value is -2.82. The molecule has 0 aliphatic rings. The lowest BCUT2D eigenvalue weighted by Gasteiger charge is -2.13. The zero-order valence-electron chi connectivity index (χ0n) is 13.4. The third-order valence-electron chi connectivity index (χ3n) is 3.23. The van der Waals surface area contributed by atoms with E-state index in [9.17, 15) is 4.79 Å². The average molecular weight is 313 g/mol. The van der Waals surface area contributed by atoms with Crippen LogP contribution < -0.4 is 9.47 Å². The van der Waals surface area contributed by atoms with Gasteiger partial charge in [-0.1, -0.05) is 6.07 Å².